The summed E-state index contributed by atoms with van der Waals surface area (Å²) in [5.74, 6) is 0. The molecule has 1 aliphatic carbocycles. The van der Waals surface area contributed by atoms with Crippen LogP contribution in [0.4, 0.5) is 11.4 Å². The highest BCUT2D eigenvalue weighted by atomic mass is 16.3. The van der Waals surface area contributed by atoms with Crippen molar-refractivity contribution in [3.8, 4) is 0 Å². The van der Waals surface area contributed by atoms with Crippen LogP contribution in [0, 0.1) is 0 Å². The second-order valence-corrected chi connectivity index (χ2v) is 4.76. The summed E-state index contributed by atoms with van der Waals surface area (Å²) in [5.41, 5.74) is 6.91. The second-order valence-electron chi connectivity index (χ2n) is 4.76. The average molecular weight is 220 g/mol. The minimum Gasteiger partial charge on any atom is -0.399 e. The van der Waals surface area contributed by atoms with Crippen molar-refractivity contribution in [1.82, 2.24) is 0 Å². The lowest BCUT2D eigenvalue weighted by atomic mass is 9.85. The molecule has 0 atom stereocenters. The van der Waals surface area contributed by atoms with Gasteiger partial charge in [-0.15, -0.1) is 0 Å². The van der Waals surface area contributed by atoms with Crippen molar-refractivity contribution in [1.29, 1.82) is 0 Å². The van der Waals surface area contributed by atoms with Crippen LogP contribution in [0.2, 0.25) is 0 Å². The molecule has 1 aromatic rings. The molecule has 1 fully saturated rings. The summed E-state index contributed by atoms with van der Waals surface area (Å²) in [6.45, 7) is 0.621. The van der Waals surface area contributed by atoms with Gasteiger partial charge in [-0.3, -0.25) is 0 Å². The number of benzene rings is 1. The third-order valence-corrected chi connectivity index (χ3v) is 3.29. The number of nitrogens with one attached hydrogen (secondary N) is 1. The molecular formula is C13H20N2O. The highest BCUT2D eigenvalue weighted by Crippen LogP contribution is 2.28. The first kappa shape index (κ1) is 11.3. The van der Waals surface area contributed by atoms with Crippen LogP contribution in [0.15, 0.2) is 24.3 Å². The maximum absolute atomic E-state index is 10.3. The minimum absolute atomic E-state index is 0.525. The molecule has 3 nitrogen and oxygen atoms in total. The first-order chi connectivity index (χ1) is 7.68. The van der Waals surface area contributed by atoms with E-state index in [4.69, 9.17) is 5.73 Å². The zero-order valence-electron chi connectivity index (χ0n) is 9.58. The van der Waals surface area contributed by atoms with Crippen LogP contribution < -0.4 is 11.1 Å². The summed E-state index contributed by atoms with van der Waals surface area (Å²) in [6.07, 6.45) is 5.33. The van der Waals surface area contributed by atoms with E-state index in [1.807, 2.05) is 24.3 Å². The normalized spacial score (nSPS) is 19.3. The molecule has 1 saturated carbocycles. The van der Waals surface area contributed by atoms with E-state index in [0.29, 0.717) is 6.54 Å². The molecule has 0 radical (unpaired) electrons. The van der Waals surface area contributed by atoms with Gasteiger partial charge in [-0.25, -0.2) is 0 Å². The fourth-order valence-corrected chi connectivity index (χ4v) is 2.30. The average Bonchev–Trinajstić information content (AvgIpc) is 2.28. The lowest BCUT2D eigenvalue weighted by Crippen LogP contribution is -2.38. The van der Waals surface area contributed by atoms with Crippen LogP contribution in [-0.4, -0.2) is 17.3 Å². The molecule has 0 aliphatic heterocycles. The van der Waals surface area contributed by atoms with E-state index in [2.05, 4.69) is 5.32 Å². The van der Waals surface area contributed by atoms with Crippen molar-refractivity contribution in [2.75, 3.05) is 17.6 Å². The number of hydrogen-bond donors (Lipinski definition) is 3. The molecule has 0 spiro atoms. The zero-order chi connectivity index (χ0) is 11.4. The van der Waals surface area contributed by atoms with Gasteiger partial charge in [0.15, 0.2) is 0 Å². The molecular weight excluding hydrogens is 200 g/mol. The van der Waals surface area contributed by atoms with Crippen molar-refractivity contribution in [3.05, 3.63) is 24.3 Å². The summed E-state index contributed by atoms with van der Waals surface area (Å²) in [6, 6.07) is 7.65. The summed E-state index contributed by atoms with van der Waals surface area (Å²) in [5, 5.41) is 13.6. The predicted octanol–water partition coefficient (Wildman–Crippen LogP) is 2.38. The number of nitrogens with two attached hydrogens (primary N) is 1. The van der Waals surface area contributed by atoms with Gasteiger partial charge in [0.25, 0.3) is 0 Å². The van der Waals surface area contributed by atoms with Crippen LogP contribution in [-0.2, 0) is 0 Å². The van der Waals surface area contributed by atoms with Gasteiger partial charge < -0.3 is 16.2 Å². The molecule has 0 unspecified atom stereocenters. The van der Waals surface area contributed by atoms with Crippen LogP contribution in [0.5, 0.6) is 0 Å². The van der Waals surface area contributed by atoms with Gasteiger partial charge in [0, 0.05) is 17.9 Å². The van der Waals surface area contributed by atoms with E-state index < -0.39 is 5.60 Å². The Hall–Kier alpha value is -1.22. The van der Waals surface area contributed by atoms with Gasteiger partial charge in [0.05, 0.1) is 5.60 Å². The monoisotopic (exact) mass is 220 g/mol. The van der Waals surface area contributed by atoms with Crippen LogP contribution >= 0.6 is 0 Å². The molecule has 4 N–H and O–H groups in total. The fourth-order valence-electron chi connectivity index (χ4n) is 2.30. The van der Waals surface area contributed by atoms with Crippen molar-refractivity contribution in [3.63, 3.8) is 0 Å². The van der Waals surface area contributed by atoms with Gasteiger partial charge >= 0.3 is 0 Å². The number of anilines is 2. The van der Waals surface area contributed by atoms with Crippen molar-refractivity contribution >= 4 is 11.4 Å². The number of nitrogen functional groups attached to an aromatic ring is 1. The van der Waals surface area contributed by atoms with Gasteiger partial charge in [-0.2, -0.15) is 0 Å². The Morgan fingerprint density at radius 2 is 2.00 bits per heavy atom. The number of hydrogen-bond acceptors (Lipinski definition) is 3. The molecule has 0 saturated heterocycles. The maximum atomic E-state index is 10.3. The molecule has 88 valence electrons. The molecule has 1 aliphatic rings. The van der Waals surface area contributed by atoms with Crippen molar-refractivity contribution in [2.45, 2.75) is 37.7 Å². The van der Waals surface area contributed by atoms with Crippen LogP contribution in [0.25, 0.3) is 0 Å². The molecule has 3 heteroatoms. The molecule has 16 heavy (non-hydrogen) atoms. The highest BCUT2D eigenvalue weighted by Gasteiger charge is 2.28. The lowest BCUT2D eigenvalue weighted by Gasteiger charge is -2.32. The van der Waals surface area contributed by atoms with Crippen molar-refractivity contribution < 1.29 is 5.11 Å². The largest absolute Gasteiger partial charge is 0.399 e. The van der Waals surface area contributed by atoms with Gasteiger partial charge in [0.1, 0.15) is 0 Å². The highest BCUT2D eigenvalue weighted by molar-refractivity contribution is 5.54. The van der Waals surface area contributed by atoms with Gasteiger partial charge in [0.2, 0.25) is 0 Å². The van der Waals surface area contributed by atoms with E-state index in [-0.39, 0.29) is 0 Å². The Morgan fingerprint density at radius 3 is 2.69 bits per heavy atom. The Morgan fingerprint density at radius 1 is 1.25 bits per heavy atom. The number of rotatable bonds is 3. The third kappa shape index (κ3) is 2.89. The smallest absolute Gasteiger partial charge is 0.0819 e. The first-order valence-corrected chi connectivity index (χ1v) is 6.00. The summed E-state index contributed by atoms with van der Waals surface area (Å²) >= 11 is 0. The minimum atomic E-state index is -0.525. The molecule has 1 aromatic carbocycles. The topological polar surface area (TPSA) is 58.3 Å². The van der Waals surface area contributed by atoms with E-state index in [1.165, 1.54) is 6.42 Å². The van der Waals surface area contributed by atoms with E-state index >= 15 is 0 Å². The van der Waals surface area contributed by atoms with Gasteiger partial charge in [-0.05, 0) is 31.0 Å². The van der Waals surface area contributed by atoms with Crippen LogP contribution in [0.3, 0.4) is 0 Å². The SMILES string of the molecule is Nc1cccc(NCC2(O)CCCCC2)c1. The zero-order valence-corrected chi connectivity index (χ0v) is 9.58. The molecule has 0 bridgehead atoms. The molecule has 0 aromatic heterocycles. The first-order valence-electron chi connectivity index (χ1n) is 6.00. The number of aliphatic hydroxyl groups is 1. The summed E-state index contributed by atoms with van der Waals surface area (Å²) < 4.78 is 0. The van der Waals surface area contributed by atoms with Crippen molar-refractivity contribution in [2.24, 2.45) is 0 Å². The summed E-state index contributed by atoms with van der Waals surface area (Å²) in [7, 11) is 0. The Kier molecular flexibility index (Phi) is 3.34. The quantitative estimate of drug-likeness (QED) is 0.685. The molecule has 0 amide bonds. The third-order valence-electron chi connectivity index (χ3n) is 3.29. The lowest BCUT2D eigenvalue weighted by molar-refractivity contribution is 0.0167. The van der Waals surface area contributed by atoms with E-state index in [0.717, 1.165) is 37.1 Å². The Balaban J connectivity index is 1.91. The fraction of sp³-hybridized carbons (Fsp3) is 0.538. The predicted molar refractivity (Wildman–Crippen MR) is 67.4 cm³/mol. The maximum Gasteiger partial charge on any atom is 0.0819 e. The second kappa shape index (κ2) is 4.74. The molecule has 0 heterocycles. The van der Waals surface area contributed by atoms with Crippen LogP contribution in [0.1, 0.15) is 32.1 Å². The Labute approximate surface area is 96.7 Å². The summed E-state index contributed by atoms with van der Waals surface area (Å²) in [4.78, 5) is 0. The van der Waals surface area contributed by atoms with E-state index in [1.54, 1.807) is 0 Å². The molecule has 2 rings (SSSR count). The standard InChI is InChI=1S/C13H20N2O/c14-11-5-4-6-12(9-11)15-10-13(16)7-2-1-3-8-13/h4-6,9,15-16H,1-3,7-8,10,14H2. The van der Waals surface area contributed by atoms with Gasteiger partial charge in [-0.1, -0.05) is 25.3 Å². The van der Waals surface area contributed by atoms with E-state index in [9.17, 15) is 5.11 Å². The Bertz CT molecular complexity index is 346.